The molecule has 35 heavy (non-hydrogen) atoms. The van der Waals surface area contributed by atoms with Gasteiger partial charge in [0.05, 0.1) is 0 Å². The lowest BCUT2D eigenvalue weighted by Gasteiger charge is -2.20. The number of hydrogen-bond acceptors (Lipinski definition) is 4. The minimum Gasteiger partial charge on any atom is -0.481 e. The second-order valence-corrected chi connectivity index (χ2v) is 9.43. The summed E-state index contributed by atoms with van der Waals surface area (Å²) in [5, 5.41) is 14.5. The van der Waals surface area contributed by atoms with Crippen molar-refractivity contribution in [2.45, 2.75) is 51.9 Å². The van der Waals surface area contributed by atoms with Crippen molar-refractivity contribution >= 4 is 18.0 Å². The lowest BCUT2D eigenvalue weighted by molar-refractivity contribution is -0.137. The molecule has 2 aromatic rings. The minimum atomic E-state index is -0.788. The topological polar surface area (TPSA) is 105 Å². The molecule has 3 rings (SSSR count). The van der Waals surface area contributed by atoms with E-state index in [9.17, 15) is 14.4 Å². The third-order valence-corrected chi connectivity index (χ3v) is 6.70. The number of nitrogens with one attached hydrogen (secondary N) is 2. The van der Waals surface area contributed by atoms with Gasteiger partial charge in [-0.05, 0) is 53.4 Å². The van der Waals surface area contributed by atoms with Gasteiger partial charge in [0, 0.05) is 31.8 Å². The van der Waals surface area contributed by atoms with E-state index in [1.54, 1.807) is 0 Å². The van der Waals surface area contributed by atoms with Gasteiger partial charge < -0.3 is 20.5 Å². The van der Waals surface area contributed by atoms with E-state index in [1.807, 2.05) is 24.3 Å². The number of carbonyl (C=O) groups excluding carboxylic acids is 2. The molecule has 7 nitrogen and oxygen atoms in total. The number of carboxylic acid groups (broad SMARTS) is 1. The van der Waals surface area contributed by atoms with Crippen molar-refractivity contribution in [1.29, 1.82) is 0 Å². The number of ether oxygens (including phenoxy) is 1. The molecular weight excluding hydrogens is 444 g/mol. The zero-order chi connectivity index (χ0) is 25.2. The van der Waals surface area contributed by atoms with Gasteiger partial charge in [0.15, 0.2) is 0 Å². The first-order chi connectivity index (χ1) is 16.9. The largest absolute Gasteiger partial charge is 0.481 e. The number of benzene rings is 2. The van der Waals surface area contributed by atoms with E-state index in [0.29, 0.717) is 38.3 Å². The molecule has 2 amide bonds. The Morgan fingerprint density at radius 3 is 2.11 bits per heavy atom. The Balaban J connectivity index is 1.33. The molecule has 0 heterocycles. The van der Waals surface area contributed by atoms with Crippen LogP contribution >= 0.6 is 0 Å². The maximum atomic E-state index is 12.2. The quantitative estimate of drug-likeness (QED) is 0.352. The lowest BCUT2D eigenvalue weighted by atomic mass is 9.88. The minimum absolute atomic E-state index is 0.0177. The molecule has 0 fully saturated rings. The summed E-state index contributed by atoms with van der Waals surface area (Å²) in [6.45, 7) is 5.30. The smallest absolute Gasteiger partial charge is 0.407 e. The number of carboxylic acids is 1. The number of aliphatic carboxylic acids is 1. The van der Waals surface area contributed by atoms with E-state index in [4.69, 9.17) is 9.84 Å². The van der Waals surface area contributed by atoms with E-state index in [1.165, 1.54) is 22.3 Å². The van der Waals surface area contributed by atoms with Crippen LogP contribution in [0, 0.1) is 11.8 Å². The summed E-state index contributed by atoms with van der Waals surface area (Å²) in [5.41, 5.74) is 4.70. The fourth-order valence-electron chi connectivity index (χ4n) is 4.69. The van der Waals surface area contributed by atoms with E-state index in [-0.39, 0.29) is 30.8 Å². The van der Waals surface area contributed by atoms with Crippen LogP contribution in [0.15, 0.2) is 48.5 Å². The Morgan fingerprint density at radius 1 is 0.886 bits per heavy atom. The zero-order valence-electron chi connectivity index (χ0n) is 20.6. The summed E-state index contributed by atoms with van der Waals surface area (Å²) in [7, 11) is 0. The normalized spacial score (nSPS) is 13.1. The molecule has 0 spiro atoms. The number of hydrogen-bond donors (Lipinski definition) is 3. The van der Waals surface area contributed by atoms with Crippen LogP contribution in [0.1, 0.15) is 63.0 Å². The molecule has 1 aliphatic rings. The Hall–Kier alpha value is -3.35. The average molecular weight is 481 g/mol. The van der Waals surface area contributed by atoms with Gasteiger partial charge in [-0.2, -0.15) is 0 Å². The fourth-order valence-corrected chi connectivity index (χ4v) is 4.69. The van der Waals surface area contributed by atoms with Gasteiger partial charge in [-0.15, -0.1) is 0 Å². The Labute approximate surface area is 207 Å². The Bertz CT molecular complexity index is 974. The number of rotatable bonds is 13. The second kappa shape index (κ2) is 12.9. The number of amides is 2. The highest BCUT2D eigenvalue weighted by Gasteiger charge is 2.28. The van der Waals surface area contributed by atoms with Gasteiger partial charge in [-0.25, -0.2) is 4.79 Å². The SMILES string of the molecule is CC(C)C(CCNC(=O)CCCNC(=O)OCC1c2ccccc2-c2ccccc21)CCC(=O)O. The summed E-state index contributed by atoms with van der Waals surface area (Å²) in [6, 6.07) is 16.4. The summed E-state index contributed by atoms with van der Waals surface area (Å²) in [5.74, 6) is -0.206. The summed E-state index contributed by atoms with van der Waals surface area (Å²) in [6.07, 6.45) is 1.87. The van der Waals surface area contributed by atoms with Crippen molar-refractivity contribution in [2.75, 3.05) is 19.7 Å². The predicted molar refractivity (Wildman–Crippen MR) is 135 cm³/mol. The molecule has 0 aromatic heterocycles. The van der Waals surface area contributed by atoms with Crippen LogP contribution in [0.25, 0.3) is 11.1 Å². The molecule has 1 atom stereocenters. The van der Waals surface area contributed by atoms with Crippen molar-refractivity contribution in [2.24, 2.45) is 11.8 Å². The van der Waals surface area contributed by atoms with Crippen molar-refractivity contribution < 1.29 is 24.2 Å². The molecule has 1 aliphatic carbocycles. The molecule has 188 valence electrons. The van der Waals surface area contributed by atoms with E-state index < -0.39 is 12.1 Å². The first-order valence-electron chi connectivity index (χ1n) is 12.4. The van der Waals surface area contributed by atoms with Crippen LogP contribution in [-0.2, 0) is 14.3 Å². The highest BCUT2D eigenvalue weighted by Crippen LogP contribution is 2.44. The second-order valence-electron chi connectivity index (χ2n) is 9.43. The van der Waals surface area contributed by atoms with Crippen molar-refractivity contribution in [3.05, 3.63) is 59.7 Å². The van der Waals surface area contributed by atoms with Gasteiger partial charge in [-0.1, -0.05) is 62.4 Å². The molecule has 0 radical (unpaired) electrons. The average Bonchev–Trinajstić information content (AvgIpc) is 3.16. The van der Waals surface area contributed by atoms with Gasteiger partial charge >= 0.3 is 12.1 Å². The molecule has 0 aliphatic heterocycles. The molecule has 0 bridgehead atoms. The maximum absolute atomic E-state index is 12.2. The summed E-state index contributed by atoms with van der Waals surface area (Å²) < 4.78 is 5.51. The van der Waals surface area contributed by atoms with Crippen LogP contribution in [-0.4, -0.2) is 42.8 Å². The highest BCUT2D eigenvalue weighted by atomic mass is 16.5. The molecule has 7 heteroatoms. The number of carbonyl (C=O) groups is 3. The first-order valence-corrected chi connectivity index (χ1v) is 12.4. The van der Waals surface area contributed by atoms with Crippen molar-refractivity contribution in [3.63, 3.8) is 0 Å². The first kappa shape index (κ1) is 26.3. The van der Waals surface area contributed by atoms with E-state index in [0.717, 1.165) is 6.42 Å². The zero-order valence-corrected chi connectivity index (χ0v) is 20.6. The molecular formula is C28H36N2O5. The summed E-state index contributed by atoms with van der Waals surface area (Å²) in [4.78, 5) is 35.1. The molecule has 0 saturated carbocycles. The van der Waals surface area contributed by atoms with E-state index >= 15 is 0 Å². The van der Waals surface area contributed by atoms with Gasteiger partial charge in [0.2, 0.25) is 5.91 Å². The number of alkyl carbamates (subject to hydrolysis) is 1. The van der Waals surface area contributed by atoms with Gasteiger partial charge in [0.1, 0.15) is 6.61 Å². The standard InChI is InChI=1S/C28H36N2O5/c1-19(2)20(13-14-27(32)33)15-17-29-26(31)12-7-16-30-28(34)35-18-25-23-10-5-3-8-21(23)22-9-4-6-11-24(22)25/h3-6,8-11,19-20,25H,7,12-18H2,1-2H3,(H,29,31)(H,30,34)(H,32,33). The third-order valence-electron chi connectivity index (χ3n) is 6.70. The number of fused-ring (bicyclic) bond motifs is 3. The van der Waals surface area contributed by atoms with Crippen LogP contribution in [0.5, 0.6) is 0 Å². The lowest BCUT2D eigenvalue weighted by Crippen LogP contribution is -2.30. The molecule has 0 saturated heterocycles. The third kappa shape index (κ3) is 7.57. The molecule has 3 N–H and O–H groups in total. The van der Waals surface area contributed by atoms with Gasteiger partial charge in [-0.3, -0.25) is 9.59 Å². The molecule has 2 aromatic carbocycles. The summed E-state index contributed by atoms with van der Waals surface area (Å²) >= 11 is 0. The van der Waals surface area contributed by atoms with Crippen molar-refractivity contribution in [1.82, 2.24) is 10.6 Å². The monoisotopic (exact) mass is 480 g/mol. The highest BCUT2D eigenvalue weighted by molar-refractivity contribution is 5.79. The van der Waals surface area contributed by atoms with E-state index in [2.05, 4.69) is 48.7 Å². The fraction of sp³-hybridized carbons (Fsp3) is 0.464. The van der Waals surface area contributed by atoms with Crippen LogP contribution in [0.2, 0.25) is 0 Å². The maximum Gasteiger partial charge on any atom is 0.407 e. The van der Waals surface area contributed by atoms with Crippen LogP contribution in [0.3, 0.4) is 0 Å². The predicted octanol–water partition coefficient (Wildman–Crippen LogP) is 4.95. The Kier molecular flexibility index (Phi) is 9.70. The van der Waals surface area contributed by atoms with Crippen LogP contribution in [0.4, 0.5) is 4.79 Å². The van der Waals surface area contributed by atoms with Crippen molar-refractivity contribution in [3.8, 4) is 11.1 Å². The van der Waals surface area contributed by atoms with Gasteiger partial charge in [0.25, 0.3) is 0 Å². The van der Waals surface area contributed by atoms with Crippen LogP contribution < -0.4 is 10.6 Å². The molecule has 1 unspecified atom stereocenters. The Morgan fingerprint density at radius 2 is 1.51 bits per heavy atom.